The Morgan fingerprint density at radius 3 is 2.37 bits per heavy atom. The van der Waals surface area contributed by atoms with Crippen LogP contribution in [0.25, 0.3) is 0 Å². The van der Waals surface area contributed by atoms with Crippen LogP contribution >= 0.6 is 0 Å². The summed E-state index contributed by atoms with van der Waals surface area (Å²) in [5.74, 6) is -1.70. The zero-order valence-electron chi connectivity index (χ0n) is 22.2. The molecule has 6 atom stereocenters. The van der Waals surface area contributed by atoms with Crippen molar-refractivity contribution in [3.8, 4) is 0 Å². The number of hydrogen-bond donors (Lipinski definition) is 3. The second-order valence-corrected chi connectivity index (χ2v) is 11.2. The molecule has 6 unspecified atom stereocenters. The smallest absolute Gasteiger partial charge is 0.306 e. The minimum atomic E-state index is -1.23. The third-order valence-corrected chi connectivity index (χ3v) is 6.77. The maximum atomic E-state index is 12.1. The second kappa shape index (κ2) is 16.3. The van der Waals surface area contributed by atoms with Crippen LogP contribution in [-0.4, -0.2) is 83.8 Å². The highest BCUT2D eigenvalue weighted by molar-refractivity contribution is 5.70. The van der Waals surface area contributed by atoms with E-state index >= 15 is 0 Å². The number of unbranched alkanes of at least 4 members (excludes halogenated alkanes) is 3. The monoisotopic (exact) mass is 499 g/mol. The number of aliphatic hydroxyl groups excluding tert-OH is 3. The zero-order valence-corrected chi connectivity index (χ0v) is 22.2. The van der Waals surface area contributed by atoms with E-state index in [2.05, 4.69) is 6.92 Å². The number of aliphatic carboxylic acids is 1. The van der Waals surface area contributed by atoms with Gasteiger partial charge < -0.3 is 34.4 Å². The molecule has 1 aliphatic carbocycles. The van der Waals surface area contributed by atoms with Crippen LogP contribution < -0.4 is 5.11 Å². The van der Waals surface area contributed by atoms with Gasteiger partial charge in [0.15, 0.2) is 6.10 Å². The number of rotatable bonds is 18. The standard InChI is InChI=1S/C27H49NO7/c1-5-6-9-12-20(29)15-16-23-22(24(30)18-25(23)31)13-10-7-8-11-14-27(34)35-21(17-26(32)33)19-28(2,3)4/h7,10,20-25,29-31H,5-6,8-9,11-19H2,1-4H3/b10-7+. The van der Waals surface area contributed by atoms with Gasteiger partial charge in [0.05, 0.1) is 39.5 Å². The third-order valence-electron chi connectivity index (χ3n) is 6.77. The summed E-state index contributed by atoms with van der Waals surface area (Å²) in [6.07, 6.45) is 9.39. The minimum absolute atomic E-state index is 0.0210. The summed E-state index contributed by atoms with van der Waals surface area (Å²) in [4.78, 5) is 23.1. The van der Waals surface area contributed by atoms with Crippen molar-refractivity contribution < 1.29 is 39.2 Å². The van der Waals surface area contributed by atoms with Crippen LogP contribution in [0.2, 0.25) is 0 Å². The first-order valence-corrected chi connectivity index (χ1v) is 13.3. The van der Waals surface area contributed by atoms with Crippen LogP contribution in [0.1, 0.15) is 84.0 Å². The normalized spacial score (nSPS) is 24.5. The van der Waals surface area contributed by atoms with Gasteiger partial charge in [-0.2, -0.15) is 0 Å². The largest absolute Gasteiger partial charge is 0.550 e. The highest BCUT2D eigenvalue weighted by Gasteiger charge is 2.40. The first kappa shape index (κ1) is 31.5. The summed E-state index contributed by atoms with van der Waals surface area (Å²) in [6, 6.07) is 0. The molecule has 1 aliphatic rings. The van der Waals surface area contributed by atoms with Crippen molar-refractivity contribution in [2.75, 3.05) is 27.7 Å². The minimum Gasteiger partial charge on any atom is -0.550 e. The Morgan fingerprint density at radius 1 is 1.06 bits per heavy atom. The van der Waals surface area contributed by atoms with Crippen LogP contribution in [0, 0.1) is 11.8 Å². The van der Waals surface area contributed by atoms with Crippen molar-refractivity contribution >= 4 is 11.9 Å². The maximum absolute atomic E-state index is 12.1. The Bertz CT molecular complexity index is 646. The van der Waals surface area contributed by atoms with Gasteiger partial charge in [-0.3, -0.25) is 4.79 Å². The fourth-order valence-corrected chi connectivity index (χ4v) is 4.99. The van der Waals surface area contributed by atoms with E-state index in [-0.39, 0.29) is 30.8 Å². The molecule has 0 amide bonds. The third kappa shape index (κ3) is 14.0. The lowest BCUT2D eigenvalue weighted by molar-refractivity contribution is -0.873. The summed E-state index contributed by atoms with van der Waals surface area (Å²) in [6.45, 7) is 2.53. The molecule has 0 saturated heterocycles. The summed E-state index contributed by atoms with van der Waals surface area (Å²) in [7, 11) is 5.71. The van der Waals surface area contributed by atoms with Gasteiger partial charge in [-0.25, -0.2) is 0 Å². The molecule has 0 aromatic carbocycles. The van der Waals surface area contributed by atoms with Gasteiger partial charge in [-0.15, -0.1) is 0 Å². The fourth-order valence-electron chi connectivity index (χ4n) is 4.99. The lowest BCUT2D eigenvalue weighted by Crippen LogP contribution is -2.45. The van der Waals surface area contributed by atoms with Gasteiger partial charge >= 0.3 is 5.97 Å². The predicted octanol–water partition coefficient (Wildman–Crippen LogP) is 1.94. The molecule has 35 heavy (non-hydrogen) atoms. The Hall–Kier alpha value is -1.48. The van der Waals surface area contributed by atoms with E-state index in [1.54, 1.807) is 0 Å². The van der Waals surface area contributed by atoms with E-state index in [0.717, 1.165) is 25.7 Å². The average molecular weight is 500 g/mol. The molecule has 1 rings (SSSR count). The van der Waals surface area contributed by atoms with Crippen molar-refractivity contribution in [2.45, 2.75) is 108 Å². The highest BCUT2D eigenvalue weighted by Crippen LogP contribution is 2.38. The van der Waals surface area contributed by atoms with Crippen LogP contribution in [0.15, 0.2) is 12.2 Å². The van der Waals surface area contributed by atoms with E-state index in [0.29, 0.717) is 49.6 Å². The van der Waals surface area contributed by atoms with Crippen LogP contribution in [0.3, 0.4) is 0 Å². The molecule has 8 heteroatoms. The molecule has 0 radical (unpaired) electrons. The molecular formula is C27H49NO7. The van der Waals surface area contributed by atoms with Crippen molar-refractivity contribution in [3.05, 3.63) is 12.2 Å². The number of carbonyl (C=O) groups is 2. The zero-order chi connectivity index (χ0) is 26.4. The number of allylic oxidation sites excluding steroid dienone is 2. The molecule has 3 N–H and O–H groups in total. The predicted molar refractivity (Wildman–Crippen MR) is 133 cm³/mol. The van der Waals surface area contributed by atoms with E-state index in [9.17, 15) is 30.0 Å². The van der Waals surface area contributed by atoms with Crippen molar-refractivity contribution in [1.29, 1.82) is 0 Å². The molecule has 1 fully saturated rings. The summed E-state index contributed by atoms with van der Waals surface area (Å²) in [5.41, 5.74) is 0. The van der Waals surface area contributed by atoms with Gasteiger partial charge in [-0.1, -0.05) is 38.3 Å². The number of carboxylic acid groups (broad SMARTS) is 1. The number of carboxylic acids is 1. The van der Waals surface area contributed by atoms with E-state index in [4.69, 9.17) is 4.74 Å². The molecule has 0 heterocycles. The first-order chi connectivity index (χ1) is 16.4. The lowest BCUT2D eigenvalue weighted by atomic mass is 9.85. The molecule has 0 bridgehead atoms. The Balaban J connectivity index is 2.39. The summed E-state index contributed by atoms with van der Waals surface area (Å²) >= 11 is 0. The number of esters is 1. The lowest BCUT2D eigenvalue weighted by Gasteiger charge is -2.29. The van der Waals surface area contributed by atoms with Gasteiger partial charge in [-0.05, 0) is 56.8 Å². The topological polar surface area (TPSA) is 127 Å². The average Bonchev–Trinajstić information content (AvgIpc) is 2.99. The van der Waals surface area contributed by atoms with E-state index < -0.39 is 30.3 Å². The fraction of sp³-hybridized carbons (Fsp3) is 0.852. The number of quaternary nitrogens is 1. The number of hydrogen-bond acceptors (Lipinski definition) is 7. The Kier molecular flexibility index (Phi) is 14.7. The summed E-state index contributed by atoms with van der Waals surface area (Å²) < 4.78 is 5.84. The molecule has 1 saturated carbocycles. The Morgan fingerprint density at radius 2 is 1.74 bits per heavy atom. The molecule has 0 aromatic heterocycles. The second-order valence-electron chi connectivity index (χ2n) is 11.2. The SMILES string of the molecule is CCCCCC(O)CCC1C(O)CC(O)C1C/C=C/CCCC(=O)OC(CC(=O)[O-])C[N+](C)(C)C. The number of ether oxygens (including phenoxy) is 1. The van der Waals surface area contributed by atoms with Crippen molar-refractivity contribution in [1.82, 2.24) is 0 Å². The molecule has 0 aliphatic heterocycles. The van der Waals surface area contributed by atoms with Crippen LogP contribution in [0.4, 0.5) is 0 Å². The van der Waals surface area contributed by atoms with Crippen LogP contribution in [-0.2, 0) is 14.3 Å². The number of likely N-dealkylation sites (N-methyl/N-ethyl adjacent to an activating group) is 1. The first-order valence-electron chi connectivity index (χ1n) is 13.3. The molecule has 0 aromatic rings. The summed E-state index contributed by atoms with van der Waals surface area (Å²) in [5, 5.41) is 42.0. The number of nitrogens with zero attached hydrogens (tertiary/aromatic N) is 1. The maximum Gasteiger partial charge on any atom is 0.306 e. The van der Waals surface area contributed by atoms with E-state index in [1.165, 1.54) is 0 Å². The molecule has 8 nitrogen and oxygen atoms in total. The van der Waals surface area contributed by atoms with Gasteiger partial charge in [0.2, 0.25) is 0 Å². The van der Waals surface area contributed by atoms with Crippen molar-refractivity contribution in [2.24, 2.45) is 11.8 Å². The van der Waals surface area contributed by atoms with Crippen LogP contribution in [0.5, 0.6) is 0 Å². The molecular weight excluding hydrogens is 450 g/mol. The van der Waals surface area contributed by atoms with Crippen molar-refractivity contribution in [3.63, 3.8) is 0 Å². The number of aliphatic hydroxyl groups is 3. The molecule has 204 valence electrons. The van der Waals surface area contributed by atoms with Gasteiger partial charge in [0, 0.05) is 18.8 Å². The van der Waals surface area contributed by atoms with Gasteiger partial charge in [0.25, 0.3) is 0 Å². The quantitative estimate of drug-likeness (QED) is 0.114. The number of carbonyl (C=O) groups excluding carboxylic acids is 2. The Labute approximate surface area is 211 Å². The van der Waals surface area contributed by atoms with E-state index in [1.807, 2.05) is 33.3 Å². The highest BCUT2D eigenvalue weighted by atomic mass is 16.5. The molecule has 0 spiro atoms. The van der Waals surface area contributed by atoms with Gasteiger partial charge in [0.1, 0.15) is 6.54 Å².